The van der Waals surface area contributed by atoms with Crippen molar-refractivity contribution in [1.29, 1.82) is 0 Å². The zero-order chi connectivity index (χ0) is 15.3. The summed E-state index contributed by atoms with van der Waals surface area (Å²) in [4.78, 5) is 12.6. The minimum atomic E-state index is -0.0634. The number of rotatable bonds is 1. The Bertz CT molecular complexity index is 801. The molecule has 0 amide bonds. The normalized spacial score (nSPS) is 20.5. The molecule has 112 valence electrons. The van der Waals surface area contributed by atoms with Crippen molar-refractivity contribution in [3.05, 3.63) is 57.9 Å². The van der Waals surface area contributed by atoms with E-state index in [0.717, 1.165) is 35.4 Å². The minimum absolute atomic E-state index is 0.0634. The number of aryl methyl sites for hydroxylation is 2. The highest BCUT2D eigenvalue weighted by Gasteiger charge is 2.38. The maximum absolute atomic E-state index is 12.6. The fourth-order valence-corrected chi connectivity index (χ4v) is 3.64. The fraction of sp³-hybridized carbons (Fsp3) is 0.333. The van der Waals surface area contributed by atoms with Gasteiger partial charge >= 0.3 is 0 Å². The summed E-state index contributed by atoms with van der Waals surface area (Å²) in [5.74, 6) is 0.874. The van der Waals surface area contributed by atoms with Crippen LogP contribution in [0, 0.1) is 13.8 Å². The van der Waals surface area contributed by atoms with Crippen molar-refractivity contribution < 1.29 is 9.32 Å². The van der Waals surface area contributed by atoms with Gasteiger partial charge in [-0.15, -0.1) is 0 Å². The molecule has 0 spiro atoms. The first kappa shape index (κ1) is 13.3. The Morgan fingerprint density at radius 2 is 2.05 bits per heavy atom. The van der Waals surface area contributed by atoms with Crippen LogP contribution in [-0.2, 0) is 4.79 Å². The summed E-state index contributed by atoms with van der Waals surface area (Å²) in [6, 6.07) is 8.25. The van der Waals surface area contributed by atoms with E-state index in [9.17, 15) is 4.79 Å². The SMILES string of the molecule is Cc1ccccc1[C@@H]1C2=C(CCCC2=O)Nc2onc(C)c21. The number of allylic oxidation sites excluding steroid dienone is 2. The fourth-order valence-electron chi connectivity index (χ4n) is 3.64. The van der Waals surface area contributed by atoms with Crippen LogP contribution in [0.15, 0.2) is 40.1 Å². The molecule has 2 aliphatic rings. The van der Waals surface area contributed by atoms with Crippen LogP contribution in [0.1, 0.15) is 47.6 Å². The van der Waals surface area contributed by atoms with E-state index < -0.39 is 0 Å². The van der Waals surface area contributed by atoms with Crippen LogP contribution < -0.4 is 5.32 Å². The van der Waals surface area contributed by atoms with Gasteiger partial charge in [-0.05, 0) is 37.8 Å². The summed E-state index contributed by atoms with van der Waals surface area (Å²) < 4.78 is 5.46. The van der Waals surface area contributed by atoms with Gasteiger partial charge in [0.25, 0.3) is 0 Å². The summed E-state index contributed by atoms with van der Waals surface area (Å²) in [5, 5.41) is 7.41. The Balaban J connectivity index is 1.99. The first-order valence-corrected chi connectivity index (χ1v) is 7.71. The number of carbonyl (C=O) groups is 1. The molecule has 2 aromatic rings. The topological polar surface area (TPSA) is 55.1 Å². The number of hydrogen-bond donors (Lipinski definition) is 1. The second kappa shape index (κ2) is 4.83. The number of nitrogens with zero attached hydrogens (tertiary/aromatic N) is 1. The van der Waals surface area contributed by atoms with Gasteiger partial charge in [-0.2, -0.15) is 0 Å². The van der Waals surface area contributed by atoms with Crippen molar-refractivity contribution in [2.75, 3.05) is 5.32 Å². The molecule has 22 heavy (non-hydrogen) atoms. The highest BCUT2D eigenvalue weighted by atomic mass is 16.5. The first-order valence-electron chi connectivity index (χ1n) is 7.71. The molecule has 1 aliphatic heterocycles. The lowest BCUT2D eigenvalue weighted by molar-refractivity contribution is -0.116. The van der Waals surface area contributed by atoms with E-state index in [1.807, 2.05) is 19.1 Å². The largest absolute Gasteiger partial charge is 0.338 e. The predicted octanol–water partition coefficient (Wildman–Crippen LogP) is 3.86. The molecule has 0 bridgehead atoms. The second-order valence-electron chi connectivity index (χ2n) is 6.09. The van der Waals surface area contributed by atoms with Gasteiger partial charge in [-0.25, -0.2) is 0 Å². The molecule has 1 aromatic carbocycles. The van der Waals surface area contributed by atoms with E-state index in [0.29, 0.717) is 12.3 Å². The standard InChI is InChI=1S/C18H18N2O2/c1-10-6-3-4-7-12(10)16-15-11(2)20-22-18(15)19-13-8-5-9-14(21)17(13)16/h3-4,6-7,16,19H,5,8-9H2,1-2H3/t16-/m0/s1. The van der Waals surface area contributed by atoms with Gasteiger partial charge < -0.3 is 9.84 Å². The van der Waals surface area contributed by atoms with Gasteiger partial charge in [0.2, 0.25) is 5.88 Å². The number of fused-ring (bicyclic) bond motifs is 1. The van der Waals surface area contributed by atoms with Gasteiger partial charge in [-0.1, -0.05) is 29.4 Å². The Morgan fingerprint density at radius 3 is 2.86 bits per heavy atom. The van der Waals surface area contributed by atoms with Gasteiger partial charge in [0.1, 0.15) is 0 Å². The number of ketones is 1. The van der Waals surface area contributed by atoms with Crippen LogP contribution in [0.5, 0.6) is 0 Å². The third kappa shape index (κ3) is 1.83. The maximum Gasteiger partial charge on any atom is 0.233 e. The van der Waals surface area contributed by atoms with Gasteiger partial charge in [0.15, 0.2) is 5.78 Å². The van der Waals surface area contributed by atoms with E-state index in [-0.39, 0.29) is 11.7 Å². The lowest BCUT2D eigenvalue weighted by Gasteiger charge is -2.31. The number of nitrogens with one attached hydrogen (secondary N) is 1. The molecule has 4 heteroatoms. The van der Waals surface area contributed by atoms with Crippen molar-refractivity contribution in [2.45, 2.75) is 39.0 Å². The summed E-state index contributed by atoms with van der Waals surface area (Å²) in [7, 11) is 0. The van der Waals surface area contributed by atoms with Crippen molar-refractivity contribution in [3.8, 4) is 0 Å². The molecule has 1 aliphatic carbocycles. The zero-order valence-corrected chi connectivity index (χ0v) is 12.8. The average molecular weight is 294 g/mol. The van der Waals surface area contributed by atoms with Gasteiger partial charge in [-0.3, -0.25) is 4.79 Å². The van der Waals surface area contributed by atoms with E-state index in [1.165, 1.54) is 11.1 Å². The van der Waals surface area contributed by atoms with Crippen molar-refractivity contribution in [2.24, 2.45) is 0 Å². The lowest BCUT2D eigenvalue weighted by Crippen LogP contribution is -2.27. The lowest BCUT2D eigenvalue weighted by atomic mass is 9.75. The zero-order valence-electron chi connectivity index (χ0n) is 12.8. The molecule has 1 aromatic heterocycles. The summed E-state index contributed by atoms with van der Waals surface area (Å²) in [5.41, 5.74) is 6.11. The highest BCUT2D eigenvalue weighted by Crippen LogP contribution is 2.47. The first-order chi connectivity index (χ1) is 10.7. The smallest absolute Gasteiger partial charge is 0.233 e. The van der Waals surface area contributed by atoms with Crippen LogP contribution in [-0.4, -0.2) is 10.9 Å². The van der Waals surface area contributed by atoms with Crippen LogP contribution in [0.25, 0.3) is 0 Å². The molecule has 0 fully saturated rings. The molecule has 2 heterocycles. The number of carbonyl (C=O) groups excluding carboxylic acids is 1. The van der Waals surface area contributed by atoms with Crippen molar-refractivity contribution in [1.82, 2.24) is 5.16 Å². The van der Waals surface area contributed by atoms with Gasteiger partial charge in [0, 0.05) is 23.6 Å². The summed E-state index contributed by atoms with van der Waals surface area (Å²) in [6.07, 6.45) is 2.42. The molecule has 1 atom stereocenters. The molecular weight excluding hydrogens is 276 g/mol. The summed E-state index contributed by atoms with van der Waals surface area (Å²) >= 11 is 0. The Hall–Kier alpha value is -2.36. The molecule has 0 saturated heterocycles. The average Bonchev–Trinajstić information content (AvgIpc) is 2.88. The van der Waals surface area contributed by atoms with E-state index in [4.69, 9.17) is 4.52 Å². The molecule has 4 nitrogen and oxygen atoms in total. The number of aromatic nitrogens is 1. The molecule has 0 radical (unpaired) electrons. The predicted molar refractivity (Wildman–Crippen MR) is 83.8 cm³/mol. The van der Waals surface area contributed by atoms with Crippen LogP contribution in [0.4, 0.5) is 5.88 Å². The third-order valence-corrected chi connectivity index (χ3v) is 4.71. The highest BCUT2D eigenvalue weighted by molar-refractivity contribution is 6.01. The van der Waals surface area contributed by atoms with Crippen molar-refractivity contribution >= 4 is 11.7 Å². The molecular formula is C18H18N2O2. The van der Waals surface area contributed by atoms with Crippen LogP contribution in [0.3, 0.4) is 0 Å². The van der Waals surface area contributed by atoms with Crippen LogP contribution >= 0.6 is 0 Å². The number of hydrogen-bond acceptors (Lipinski definition) is 4. The number of benzene rings is 1. The van der Waals surface area contributed by atoms with E-state index in [1.54, 1.807) is 0 Å². The van der Waals surface area contributed by atoms with Crippen molar-refractivity contribution in [3.63, 3.8) is 0 Å². The third-order valence-electron chi connectivity index (χ3n) is 4.71. The molecule has 0 unspecified atom stereocenters. The quantitative estimate of drug-likeness (QED) is 0.867. The monoisotopic (exact) mass is 294 g/mol. The van der Waals surface area contributed by atoms with Gasteiger partial charge in [0.05, 0.1) is 11.3 Å². The van der Waals surface area contributed by atoms with E-state index in [2.05, 4.69) is 29.5 Å². The Kier molecular flexibility index (Phi) is 2.93. The maximum atomic E-state index is 12.6. The molecule has 1 N–H and O–H groups in total. The summed E-state index contributed by atoms with van der Waals surface area (Å²) in [6.45, 7) is 4.03. The Labute approximate surface area is 129 Å². The molecule has 0 saturated carbocycles. The number of anilines is 1. The minimum Gasteiger partial charge on any atom is -0.338 e. The second-order valence-corrected chi connectivity index (χ2v) is 6.09. The Morgan fingerprint density at radius 1 is 1.23 bits per heavy atom. The molecule has 4 rings (SSSR count). The number of Topliss-reactive ketones (excluding diaryl/α,β-unsaturated/α-hetero) is 1. The van der Waals surface area contributed by atoms with Crippen LogP contribution in [0.2, 0.25) is 0 Å². The van der Waals surface area contributed by atoms with E-state index >= 15 is 0 Å².